The van der Waals surface area contributed by atoms with Gasteiger partial charge in [0, 0.05) is 19.6 Å². The highest BCUT2D eigenvalue weighted by Gasteiger charge is 2.26. The van der Waals surface area contributed by atoms with Crippen molar-refractivity contribution < 1.29 is 14.3 Å². The number of hydrogen-bond acceptors (Lipinski definition) is 4. The molecule has 1 aliphatic rings. The van der Waals surface area contributed by atoms with Gasteiger partial charge < -0.3 is 10.0 Å². The second kappa shape index (κ2) is 7.53. The summed E-state index contributed by atoms with van der Waals surface area (Å²) in [6, 6.07) is 5.75. The third kappa shape index (κ3) is 4.17. The summed E-state index contributed by atoms with van der Waals surface area (Å²) in [4.78, 5) is 18.2. The number of aliphatic hydroxyl groups is 1. The third-order valence-electron chi connectivity index (χ3n) is 4.38. The standard InChI is InChI=1S/C17H21FN4O2/c18-15-5-1-4-14(7-15)16(23)8-17(24)21-6-2-3-13(9-21)10-22-12-19-11-20-22/h1,4-5,7,11-13,16,23H,2-3,6,8-10H2. The molecule has 2 unspecified atom stereocenters. The Bertz CT molecular complexity index is 677. The molecule has 0 spiro atoms. The first-order chi connectivity index (χ1) is 11.6. The average molecular weight is 332 g/mol. The summed E-state index contributed by atoms with van der Waals surface area (Å²) in [6.45, 7) is 2.08. The summed E-state index contributed by atoms with van der Waals surface area (Å²) in [5.41, 5.74) is 0.430. The normalized spacial score (nSPS) is 19.2. The fraction of sp³-hybridized carbons (Fsp3) is 0.471. The van der Waals surface area contributed by atoms with Crippen molar-refractivity contribution in [2.45, 2.75) is 31.9 Å². The van der Waals surface area contributed by atoms with Gasteiger partial charge >= 0.3 is 0 Å². The first-order valence-electron chi connectivity index (χ1n) is 8.15. The SMILES string of the molecule is O=C(CC(O)c1cccc(F)c1)N1CCCC(Cn2cncn2)C1. The molecule has 128 valence electrons. The van der Waals surface area contributed by atoms with Crippen LogP contribution in [0.4, 0.5) is 4.39 Å². The molecule has 0 saturated carbocycles. The highest BCUT2D eigenvalue weighted by atomic mass is 19.1. The number of carbonyl (C=O) groups is 1. The zero-order chi connectivity index (χ0) is 16.9. The van der Waals surface area contributed by atoms with Crippen LogP contribution in [0.25, 0.3) is 0 Å². The number of rotatable bonds is 5. The second-order valence-electron chi connectivity index (χ2n) is 6.24. The Balaban J connectivity index is 1.56. The van der Waals surface area contributed by atoms with Crippen LogP contribution in [-0.4, -0.2) is 43.8 Å². The second-order valence-corrected chi connectivity index (χ2v) is 6.24. The van der Waals surface area contributed by atoms with Crippen LogP contribution in [0, 0.1) is 11.7 Å². The molecular formula is C17H21FN4O2. The van der Waals surface area contributed by atoms with Gasteiger partial charge in [0.05, 0.1) is 12.5 Å². The van der Waals surface area contributed by atoms with Gasteiger partial charge in [-0.25, -0.2) is 9.37 Å². The molecule has 2 aromatic rings. The zero-order valence-corrected chi connectivity index (χ0v) is 13.4. The van der Waals surface area contributed by atoms with E-state index in [4.69, 9.17) is 0 Å². The van der Waals surface area contributed by atoms with E-state index in [0.29, 0.717) is 24.6 Å². The highest BCUT2D eigenvalue weighted by Crippen LogP contribution is 2.22. The molecule has 0 radical (unpaired) electrons. The highest BCUT2D eigenvalue weighted by molar-refractivity contribution is 5.77. The number of amides is 1. The van der Waals surface area contributed by atoms with Gasteiger partial charge in [0.2, 0.25) is 5.91 Å². The number of carbonyl (C=O) groups excluding carboxylic acids is 1. The smallest absolute Gasteiger partial charge is 0.225 e. The third-order valence-corrected chi connectivity index (χ3v) is 4.38. The molecule has 7 heteroatoms. The van der Waals surface area contributed by atoms with Crippen LogP contribution in [0.5, 0.6) is 0 Å². The molecule has 0 bridgehead atoms. The van der Waals surface area contributed by atoms with E-state index in [9.17, 15) is 14.3 Å². The van der Waals surface area contributed by atoms with E-state index in [1.807, 2.05) is 0 Å². The molecule has 3 rings (SSSR count). The van der Waals surface area contributed by atoms with Crippen LogP contribution >= 0.6 is 0 Å². The minimum Gasteiger partial charge on any atom is -0.388 e. The minimum absolute atomic E-state index is 0.0283. The van der Waals surface area contributed by atoms with Crippen LogP contribution in [-0.2, 0) is 11.3 Å². The van der Waals surface area contributed by atoms with Crippen molar-refractivity contribution in [2.24, 2.45) is 5.92 Å². The summed E-state index contributed by atoms with van der Waals surface area (Å²) in [6.07, 6.45) is 4.13. The first kappa shape index (κ1) is 16.6. The number of aliphatic hydroxyl groups excluding tert-OH is 1. The molecule has 24 heavy (non-hydrogen) atoms. The van der Waals surface area contributed by atoms with Crippen LogP contribution in [0.15, 0.2) is 36.9 Å². The van der Waals surface area contributed by atoms with Gasteiger partial charge in [0.15, 0.2) is 0 Å². The van der Waals surface area contributed by atoms with Crippen molar-refractivity contribution in [3.8, 4) is 0 Å². The molecule has 1 aromatic carbocycles. The van der Waals surface area contributed by atoms with Crippen molar-refractivity contribution >= 4 is 5.91 Å². The molecule has 1 fully saturated rings. The van der Waals surface area contributed by atoms with Crippen LogP contribution < -0.4 is 0 Å². The summed E-state index contributed by atoms with van der Waals surface area (Å²) in [5.74, 6) is -0.185. The molecular weight excluding hydrogens is 311 g/mol. The van der Waals surface area contributed by atoms with Crippen LogP contribution in [0.1, 0.15) is 30.9 Å². The molecule has 2 atom stereocenters. The van der Waals surface area contributed by atoms with Crippen molar-refractivity contribution in [3.05, 3.63) is 48.3 Å². The van der Waals surface area contributed by atoms with Crippen molar-refractivity contribution in [3.63, 3.8) is 0 Å². The van der Waals surface area contributed by atoms with Crippen molar-refractivity contribution in [2.75, 3.05) is 13.1 Å². The topological polar surface area (TPSA) is 71.2 Å². The lowest BCUT2D eigenvalue weighted by Gasteiger charge is -2.33. The fourth-order valence-electron chi connectivity index (χ4n) is 3.16. The van der Waals surface area contributed by atoms with Gasteiger partial charge in [-0.15, -0.1) is 0 Å². The Morgan fingerprint density at radius 2 is 2.33 bits per heavy atom. The Morgan fingerprint density at radius 1 is 1.46 bits per heavy atom. The Labute approximate surface area is 139 Å². The van der Waals surface area contributed by atoms with Gasteiger partial charge in [-0.05, 0) is 36.5 Å². The largest absolute Gasteiger partial charge is 0.388 e. The van der Waals surface area contributed by atoms with E-state index in [0.717, 1.165) is 19.4 Å². The lowest BCUT2D eigenvalue weighted by molar-refractivity contribution is -0.135. The predicted octanol–water partition coefficient (Wildman–Crippen LogP) is 1.78. The maximum atomic E-state index is 13.2. The van der Waals surface area contributed by atoms with E-state index < -0.39 is 11.9 Å². The maximum Gasteiger partial charge on any atom is 0.225 e. The quantitative estimate of drug-likeness (QED) is 0.906. The summed E-state index contributed by atoms with van der Waals surface area (Å²) in [5, 5.41) is 14.3. The number of halogens is 1. The van der Waals surface area contributed by atoms with Gasteiger partial charge in [0.25, 0.3) is 0 Å². The summed E-state index contributed by atoms with van der Waals surface area (Å²) in [7, 11) is 0. The van der Waals surface area contributed by atoms with Crippen molar-refractivity contribution in [1.29, 1.82) is 0 Å². The Hall–Kier alpha value is -2.28. The lowest BCUT2D eigenvalue weighted by atomic mass is 9.97. The summed E-state index contributed by atoms with van der Waals surface area (Å²) < 4.78 is 15.0. The number of piperidine rings is 1. The monoisotopic (exact) mass is 332 g/mol. The number of hydrogen-bond donors (Lipinski definition) is 1. The number of likely N-dealkylation sites (tertiary alicyclic amines) is 1. The molecule has 1 amide bonds. The fourth-order valence-corrected chi connectivity index (χ4v) is 3.16. The maximum absolute atomic E-state index is 13.2. The minimum atomic E-state index is -0.983. The molecule has 2 heterocycles. The number of benzene rings is 1. The lowest BCUT2D eigenvalue weighted by Crippen LogP contribution is -2.41. The Morgan fingerprint density at radius 3 is 3.08 bits per heavy atom. The average Bonchev–Trinajstić information content (AvgIpc) is 3.08. The van der Waals surface area contributed by atoms with Gasteiger partial charge in [-0.1, -0.05) is 12.1 Å². The van der Waals surface area contributed by atoms with E-state index in [2.05, 4.69) is 10.1 Å². The van der Waals surface area contributed by atoms with Crippen LogP contribution in [0.2, 0.25) is 0 Å². The van der Waals surface area contributed by atoms with Crippen molar-refractivity contribution in [1.82, 2.24) is 19.7 Å². The number of aromatic nitrogens is 3. The molecule has 1 aliphatic heterocycles. The molecule has 1 saturated heterocycles. The van der Waals surface area contributed by atoms with Gasteiger partial charge in [-0.2, -0.15) is 5.10 Å². The first-order valence-corrected chi connectivity index (χ1v) is 8.15. The Kier molecular flexibility index (Phi) is 5.20. The van der Waals surface area contributed by atoms with E-state index in [-0.39, 0.29) is 12.3 Å². The van der Waals surface area contributed by atoms with E-state index >= 15 is 0 Å². The van der Waals surface area contributed by atoms with E-state index in [1.54, 1.807) is 22.0 Å². The number of nitrogens with zero attached hydrogens (tertiary/aromatic N) is 4. The summed E-state index contributed by atoms with van der Waals surface area (Å²) >= 11 is 0. The zero-order valence-electron chi connectivity index (χ0n) is 13.4. The molecule has 6 nitrogen and oxygen atoms in total. The van der Waals surface area contributed by atoms with Gasteiger partial charge in [0.1, 0.15) is 18.5 Å². The molecule has 0 aliphatic carbocycles. The predicted molar refractivity (Wildman–Crippen MR) is 85.3 cm³/mol. The van der Waals surface area contributed by atoms with Crippen LogP contribution in [0.3, 0.4) is 0 Å². The van der Waals surface area contributed by atoms with E-state index in [1.165, 1.54) is 24.5 Å². The molecule has 1 aromatic heterocycles. The van der Waals surface area contributed by atoms with Gasteiger partial charge in [-0.3, -0.25) is 9.48 Å². The molecule has 1 N–H and O–H groups in total.